The summed E-state index contributed by atoms with van der Waals surface area (Å²) in [5.74, 6) is 0.893. The SMILES string of the molecule is CCCCCC1CCC2(CC1)/C(=N/O)C2N. The van der Waals surface area contributed by atoms with E-state index in [9.17, 15) is 0 Å². The van der Waals surface area contributed by atoms with Crippen LogP contribution < -0.4 is 5.73 Å². The lowest BCUT2D eigenvalue weighted by molar-refractivity contribution is 0.249. The minimum absolute atomic E-state index is 0.0501. The molecular formula is C13H24N2O. The van der Waals surface area contributed by atoms with Crippen molar-refractivity contribution in [2.75, 3.05) is 0 Å². The van der Waals surface area contributed by atoms with E-state index in [4.69, 9.17) is 10.9 Å². The maximum absolute atomic E-state index is 8.84. The Labute approximate surface area is 98.1 Å². The second-order valence-corrected chi connectivity index (χ2v) is 5.56. The van der Waals surface area contributed by atoms with Gasteiger partial charge >= 0.3 is 0 Å². The summed E-state index contributed by atoms with van der Waals surface area (Å²) in [7, 11) is 0. The normalized spacial score (nSPS) is 40.5. The van der Waals surface area contributed by atoms with Crippen LogP contribution in [0.1, 0.15) is 58.3 Å². The van der Waals surface area contributed by atoms with Gasteiger partial charge in [-0.3, -0.25) is 0 Å². The molecule has 2 fully saturated rings. The predicted molar refractivity (Wildman–Crippen MR) is 65.7 cm³/mol. The molecule has 1 spiro atoms. The number of hydrogen-bond acceptors (Lipinski definition) is 3. The molecule has 2 rings (SSSR count). The summed E-state index contributed by atoms with van der Waals surface area (Å²) in [4.78, 5) is 0. The van der Waals surface area contributed by atoms with E-state index in [1.165, 1.54) is 38.5 Å². The summed E-state index contributed by atoms with van der Waals surface area (Å²) < 4.78 is 0. The molecule has 0 bridgehead atoms. The highest BCUT2D eigenvalue weighted by atomic mass is 16.4. The smallest absolute Gasteiger partial charge is 0.0828 e. The number of nitrogens with zero attached hydrogens (tertiary/aromatic N) is 1. The van der Waals surface area contributed by atoms with Gasteiger partial charge in [-0.25, -0.2) is 0 Å². The van der Waals surface area contributed by atoms with Crippen molar-refractivity contribution in [3.8, 4) is 0 Å². The van der Waals surface area contributed by atoms with Gasteiger partial charge in [0, 0.05) is 5.41 Å². The first-order valence-electron chi connectivity index (χ1n) is 6.72. The second kappa shape index (κ2) is 4.74. The highest BCUT2D eigenvalue weighted by Crippen LogP contribution is 2.54. The third kappa shape index (κ3) is 1.97. The Morgan fingerprint density at radius 1 is 1.38 bits per heavy atom. The van der Waals surface area contributed by atoms with E-state index in [0.717, 1.165) is 24.5 Å². The fraction of sp³-hybridized carbons (Fsp3) is 0.923. The summed E-state index contributed by atoms with van der Waals surface area (Å²) in [5.41, 5.74) is 6.93. The lowest BCUT2D eigenvalue weighted by atomic mass is 9.77. The average molecular weight is 224 g/mol. The summed E-state index contributed by atoms with van der Waals surface area (Å²) >= 11 is 0. The molecule has 3 heteroatoms. The van der Waals surface area contributed by atoms with Crippen molar-refractivity contribution >= 4 is 5.71 Å². The van der Waals surface area contributed by atoms with Crippen molar-refractivity contribution in [1.82, 2.24) is 0 Å². The van der Waals surface area contributed by atoms with Crippen LogP contribution in [-0.2, 0) is 0 Å². The number of rotatable bonds is 4. The molecule has 0 aromatic carbocycles. The molecule has 2 aliphatic carbocycles. The molecule has 2 saturated carbocycles. The van der Waals surface area contributed by atoms with E-state index in [0.29, 0.717) is 0 Å². The quantitative estimate of drug-likeness (QED) is 0.438. The highest BCUT2D eigenvalue weighted by Gasteiger charge is 2.61. The number of nitrogens with two attached hydrogens (primary N) is 1. The molecule has 3 nitrogen and oxygen atoms in total. The molecule has 0 aromatic rings. The fourth-order valence-electron chi connectivity index (χ4n) is 3.32. The second-order valence-electron chi connectivity index (χ2n) is 5.56. The fourth-order valence-corrected chi connectivity index (χ4v) is 3.32. The van der Waals surface area contributed by atoms with Gasteiger partial charge in [0.2, 0.25) is 0 Å². The number of unbranched alkanes of at least 4 members (excludes halogenated alkanes) is 2. The van der Waals surface area contributed by atoms with Gasteiger partial charge in [-0.1, -0.05) is 37.8 Å². The lowest BCUT2D eigenvalue weighted by Gasteiger charge is -2.28. The van der Waals surface area contributed by atoms with Crippen molar-refractivity contribution < 1.29 is 5.21 Å². The summed E-state index contributed by atoms with van der Waals surface area (Å²) in [6.45, 7) is 2.25. The maximum Gasteiger partial charge on any atom is 0.0828 e. The minimum Gasteiger partial charge on any atom is -0.411 e. The van der Waals surface area contributed by atoms with Crippen LogP contribution >= 0.6 is 0 Å². The van der Waals surface area contributed by atoms with Crippen LogP contribution in [-0.4, -0.2) is 17.0 Å². The standard InChI is InChI=1S/C13H24N2O/c1-2-3-4-5-10-6-8-13(9-7-10)11(14)12(13)15-16/h10-11,16H,2-9,14H2,1H3/b15-12+. The largest absolute Gasteiger partial charge is 0.411 e. The third-order valence-electron chi connectivity index (χ3n) is 4.64. The van der Waals surface area contributed by atoms with Gasteiger partial charge in [0.1, 0.15) is 0 Å². The van der Waals surface area contributed by atoms with Crippen LogP contribution in [0.2, 0.25) is 0 Å². The van der Waals surface area contributed by atoms with Crippen molar-refractivity contribution in [2.24, 2.45) is 22.2 Å². The molecule has 3 N–H and O–H groups in total. The Balaban J connectivity index is 1.76. The van der Waals surface area contributed by atoms with Crippen molar-refractivity contribution in [1.29, 1.82) is 0 Å². The summed E-state index contributed by atoms with van der Waals surface area (Å²) in [5, 5.41) is 12.2. The van der Waals surface area contributed by atoms with Crippen LogP contribution in [0.4, 0.5) is 0 Å². The topological polar surface area (TPSA) is 58.6 Å². The number of hydrogen-bond donors (Lipinski definition) is 2. The van der Waals surface area contributed by atoms with E-state index in [1.807, 2.05) is 0 Å². The third-order valence-corrected chi connectivity index (χ3v) is 4.64. The van der Waals surface area contributed by atoms with Gasteiger partial charge in [-0.2, -0.15) is 0 Å². The van der Waals surface area contributed by atoms with Crippen molar-refractivity contribution in [3.63, 3.8) is 0 Å². The Morgan fingerprint density at radius 3 is 2.56 bits per heavy atom. The minimum atomic E-state index is 0.0501. The predicted octanol–water partition coefficient (Wildman–Crippen LogP) is 2.91. The Morgan fingerprint density at radius 2 is 2.06 bits per heavy atom. The monoisotopic (exact) mass is 224 g/mol. The molecule has 1 atom stereocenters. The molecule has 2 aliphatic rings. The molecule has 0 aliphatic heterocycles. The molecule has 16 heavy (non-hydrogen) atoms. The first kappa shape index (κ1) is 11.9. The zero-order valence-corrected chi connectivity index (χ0v) is 10.3. The summed E-state index contributed by atoms with van der Waals surface area (Å²) in [6, 6.07) is 0.0501. The molecule has 0 heterocycles. The Kier molecular flexibility index (Phi) is 3.53. The van der Waals surface area contributed by atoms with E-state index in [-0.39, 0.29) is 11.5 Å². The Hall–Kier alpha value is -0.570. The van der Waals surface area contributed by atoms with Gasteiger partial charge in [0.05, 0.1) is 11.8 Å². The first-order chi connectivity index (χ1) is 7.74. The molecule has 0 saturated heterocycles. The zero-order valence-electron chi connectivity index (χ0n) is 10.3. The Bertz CT molecular complexity index is 267. The highest BCUT2D eigenvalue weighted by molar-refractivity contribution is 6.11. The van der Waals surface area contributed by atoms with Gasteiger partial charge in [-0.05, 0) is 31.6 Å². The maximum atomic E-state index is 8.84. The van der Waals surface area contributed by atoms with Gasteiger partial charge < -0.3 is 10.9 Å². The molecule has 0 amide bonds. The lowest BCUT2D eigenvalue weighted by Crippen LogP contribution is -2.21. The van der Waals surface area contributed by atoms with E-state index in [1.54, 1.807) is 0 Å². The van der Waals surface area contributed by atoms with Crippen LogP contribution in [0, 0.1) is 11.3 Å². The van der Waals surface area contributed by atoms with Crippen LogP contribution in [0.5, 0.6) is 0 Å². The zero-order chi connectivity index (χ0) is 11.6. The molecular weight excluding hydrogens is 200 g/mol. The van der Waals surface area contributed by atoms with Gasteiger partial charge in [-0.15, -0.1) is 0 Å². The van der Waals surface area contributed by atoms with E-state index >= 15 is 0 Å². The molecule has 92 valence electrons. The van der Waals surface area contributed by atoms with Gasteiger partial charge in [0.25, 0.3) is 0 Å². The van der Waals surface area contributed by atoms with Crippen molar-refractivity contribution in [2.45, 2.75) is 64.3 Å². The van der Waals surface area contributed by atoms with Gasteiger partial charge in [0.15, 0.2) is 0 Å². The number of oxime groups is 1. The van der Waals surface area contributed by atoms with Crippen LogP contribution in [0.15, 0.2) is 5.16 Å². The molecule has 0 aromatic heterocycles. The average Bonchev–Trinajstić information content (AvgIpc) is 2.86. The molecule has 0 radical (unpaired) electrons. The van der Waals surface area contributed by atoms with Crippen molar-refractivity contribution in [3.05, 3.63) is 0 Å². The van der Waals surface area contributed by atoms with Crippen LogP contribution in [0.3, 0.4) is 0 Å². The van der Waals surface area contributed by atoms with Crippen LogP contribution in [0.25, 0.3) is 0 Å². The van der Waals surface area contributed by atoms with E-state index < -0.39 is 0 Å². The summed E-state index contributed by atoms with van der Waals surface area (Å²) in [6.07, 6.45) is 10.3. The first-order valence-corrected chi connectivity index (χ1v) is 6.72. The van der Waals surface area contributed by atoms with E-state index in [2.05, 4.69) is 12.1 Å². The molecule has 1 unspecified atom stereocenters.